The second-order valence-corrected chi connectivity index (χ2v) is 6.34. The van der Waals surface area contributed by atoms with Crippen LogP contribution in [0, 0.1) is 17.8 Å². The smallest absolute Gasteiger partial charge is 0.00683 e. The number of hydrogen-bond acceptors (Lipinski definition) is 1. The average molecular weight is 223 g/mol. The summed E-state index contributed by atoms with van der Waals surface area (Å²) in [5.74, 6) is 2.79. The lowest BCUT2D eigenvalue weighted by Crippen LogP contribution is -2.33. The molecule has 0 bridgehead atoms. The van der Waals surface area contributed by atoms with Crippen molar-refractivity contribution in [3.63, 3.8) is 0 Å². The highest BCUT2D eigenvalue weighted by Gasteiger charge is 2.28. The minimum Gasteiger partial charge on any atom is -0.314 e. The van der Waals surface area contributed by atoms with Gasteiger partial charge in [-0.15, -0.1) is 0 Å². The van der Waals surface area contributed by atoms with E-state index in [1.54, 1.807) is 0 Å². The van der Waals surface area contributed by atoms with Gasteiger partial charge in [-0.25, -0.2) is 0 Å². The summed E-state index contributed by atoms with van der Waals surface area (Å²) < 4.78 is 0. The molecule has 2 aliphatic carbocycles. The lowest BCUT2D eigenvalue weighted by molar-refractivity contribution is 0.221. The van der Waals surface area contributed by atoms with E-state index in [1.165, 1.54) is 57.9 Å². The molecule has 0 amide bonds. The Hall–Kier alpha value is -0.0400. The molecule has 1 atom stereocenters. The van der Waals surface area contributed by atoms with Crippen LogP contribution in [0.3, 0.4) is 0 Å². The summed E-state index contributed by atoms with van der Waals surface area (Å²) in [5.41, 5.74) is 0. The van der Waals surface area contributed by atoms with Crippen molar-refractivity contribution in [2.24, 2.45) is 17.8 Å². The van der Waals surface area contributed by atoms with Gasteiger partial charge in [0, 0.05) is 6.04 Å². The first-order valence-electron chi connectivity index (χ1n) is 7.50. The molecule has 16 heavy (non-hydrogen) atoms. The third kappa shape index (κ3) is 3.76. The molecule has 2 fully saturated rings. The molecule has 94 valence electrons. The van der Waals surface area contributed by atoms with Gasteiger partial charge in [0.05, 0.1) is 0 Å². The van der Waals surface area contributed by atoms with E-state index in [1.807, 2.05) is 0 Å². The second-order valence-electron chi connectivity index (χ2n) is 6.34. The third-order valence-corrected chi connectivity index (χ3v) is 4.58. The number of rotatable bonds is 5. The van der Waals surface area contributed by atoms with E-state index >= 15 is 0 Å². The van der Waals surface area contributed by atoms with Gasteiger partial charge < -0.3 is 5.32 Å². The molecule has 2 saturated carbocycles. The van der Waals surface area contributed by atoms with Crippen LogP contribution < -0.4 is 5.32 Å². The van der Waals surface area contributed by atoms with Gasteiger partial charge in [-0.3, -0.25) is 0 Å². The molecular weight excluding hydrogens is 194 g/mol. The van der Waals surface area contributed by atoms with Gasteiger partial charge in [0.25, 0.3) is 0 Å². The predicted molar refractivity (Wildman–Crippen MR) is 70.5 cm³/mol. The minimum absolute atomic E-state index is 0.856. The van der Waals surface area contributed by atoms with Gasteiger partial charge in [0.15, 0.2) is 0 Å². The topological polar surface area (TPSA) is 12.0 Å². The molecule has 0 aromatic rings. The summed E-state index contributed by atoms with van der Waals surface area (Å²) >= 11 is 0. The van der Waals surface area contributed by atoms with Crippen LogP contribution in [0.25, 0.3) is 0 Å². The van der Waals surface area contributed by atoms with Crippen molar-refractivity contribution >= 4 is 0 Å². The Morgan fingerprint density at radius 2 is 1.56 bits per heavy atom. The number of hydrogen-bond donors (Lipinski definition) is 1. The number of nitrogens with one attached hydrogen (secondary N) is 1. The Balaban J connectivity index is 1.82. The zero-order valence-electron chi connectivity index (χ0n) is 11.2. The van der Waals surface area contributed by atoms with Crippen molar-refractivity contribution in [1.29, 1.82) is 0 Å². The fraction of sp³-hybridized carbons (Fsp3) is 1.00. The zero-order chi connectivity index (χ0) is 11.4. The SMILES string of the molecule is CC(C)C(CNC1CC1)C1CCCCCC1. The Morgan fingerprint density at radius 1 is 0.938 bits per heavy atom. The van der Waals surface area contributed by atoms with Crippen LogP contribution in [-0.2, 0) is 0 Å². The molecule has 1 heteroatoms. The molecule has 0 saturated heterocycles. The normalized spacial score (nSPS) is 25.7. The second kappa shape index (κ2) is 6.05. The van der Waals surface area contributed by atoms with Crippen LogP contribution in [0.1, 0.15) is 65.2 Å². The average Bonchev–Trinajstić information content (AvgIpc) is 3.03. The van der Waals surface area contributed by atoms with Gasteiger partial charge in [0.1, 0.15) is 0 Å². The van der Waals surface area contributed by atoms with Crippen LogP contribution >= 0.6 is 0 Å². The Morgan fingerprint density at radius 3 is 2.06 bits per heavy atom. The largest absolute Gasteiger partial charge is 0.314 e. The maximum atomic E-state index is 3.76. The molecule has 1 nitrogen and oxygen atoms in total. The van der Waals surface area contributed by atoms with E-state index in [9.17, 15) is 0 Å². The Labute approximate surface area is 101 Å². The molecule has 2 rings (SSSR count). The van der Waals surface area contributed by atoms with Gasteiger partial charge in [0.2, 0.25) is 0 Å². The molecule has 1 N–H and O–H groups in total. The zero-order valence-corrected chi connectivity index (χ0v) is 11.2. The third-order valence-electron chi connectivity index (χ3n) is 4.58. The molecule has 1 unspecified atom stereocenters. The summed E-state index contributed by atoms with van der Waals surface area (Å²) in [5, 5.41) is 3.76. The van der Waals surface area contributed by atoms with Crippen molar-refractivity contribution in [3.05, 3.63) is 0 Å². The Kier molecular flexibility index (Phi) is 4.69. The van der Waals surface area contributed by atoms with E-state index in [4.69, 9.17) is 0 Å². The summed E-state index contributed by atoms with van der Waals surface area (Å²) in [7, 11) is 0. The maximum absolute atomic E-state index is 3.76. The van der Waals surface area contributed by atoms with E-state index in [0.29, 0.717) is 0 Å². The lowest BCUT2D eigenvalue weighted by Gasteiger charge is -2.30. The molecular formula is C15H29N. The standard InChI is InChI=1S/C15H29N/c1-12(2)15(11-16-14-9-10-14)13-7-5-3-4-6-8-13/h12-16H,3-11H2,1-2H3. The van der Waals surface area contributed by atoms with Crippen molar-refractivity contribution in [2.45, 2.75) is 71.3 Å². The molecule has 0 aromatic carbocycles. The molecule has 0 spiro atoms. The van der Waals surface area contributed by atoms with Crippen molar-refractivity contribution in [3.8, 4) is 0 Å². The van der Waals surface area contributed by atoms with Gasteiger partial charge in [-0.1, -0.05) is 52.4 Å². The molecule has 2 aliphatic rings. The van der Waals surface area contributed by atoms with Crippen LogP contribution in [0.4, 0.5) is 0 Å². The molecule has 0 aromatic heterocycles. The van der Waals surface area contributed by atoms with Crippen molar-refractivity contribution in [2.75, 3.05) is 6.54 Å². The quantitative estimate of drug-likeness (QED) is 0.695. The lowest BCUT2D eigenvalue weighted by atomic mass is 9.79. The Bertz CT molecular complexity index is 188. The van der Waals surface area contributed by atoms with Gasteiger partial charge in [-0.2, -0.15) is 0 Å². The molecule has 0 radical (unpaired) electrons. The van der Waals surface area contributed by atoms with Crippen molar-refractivity contribution in [1.82, 2.24) is 5.32 Å². The van der Waals surface area contributed by atoms with E-state index in [2.05, 4.69) is 19.2 Å². The van der Waals surface area contributed by atoms with E-state index < -0.39 is 0 Å². The monoisotopic (exact) mass is 223 g/mol. The first-order chi connectivity index (χ1) is 7.77. The maximum Gasteiger partial charge on any atom is 0.00683 e. The summed E-state index contributed by atoms with van der Waals surface area (Å²) in [6, 6.07) is 0.882. The summed E-state index contributed by atoms with van der Waals surface area (Å²) in [6.45, 7) is 6.13. The fourth-order valence-corrected chi connectivity index (χ4v) is 3.28. The van der Waals surface area contributed by atoms with Gasteiger partial charge in [-0.05, 0) is 37.1 Å². The minimum atomic E-state index is 0.856. The first-order valence-corrected chi connectivity index (χ1v) is 7.50. The predicted octanol–water partition coefficient (Wildman–Crippen LogP) is 3.98. The van der Waals surface area contributed by atoms with Crippen LogP contribution in [0.5, 0.6) is 0 Å². The fourth-order valence-electron chi connectivity index (χ4n) is 3.28. The van der Waals surface area contributed by atoms with E-state index in [0.717, 1.165) is 23.8 Å². The van der Waals surface area contributed by atoms with Crippen LogP contribution in [0.2, 0.25) is 0 Å². The van der Waals surface area contributed by atoms with Gasteiger partial charge >= 0.3 is 0 Å². The van der Waals surface area contributed by atoms with E-state index in [-0.39, 0.29) is 0 Å². The highest BCUT2D eigenvalue weighted by Crippen LogP contribution is 2.33. The highest BCUT2D eigenvalue weighted by molar-refractivity contribution is 4.84. The van der Waals surface area contributed by atoms with Crippen LogP contribution in [0.15, 0.2) is 0 Å². The molecule has 0 aliphatic heterocycles. The van der Waals surface area contributed by atoms with Crippen molar-refractivity contribution < 1.29 is 0 Å². The molecule has 0 heterocycles. The summed E-state index contributed by atoms with van der Waals surface area (Å²) in [4.78, 5) is 0. The summed E-state index contributed by atoms with van der Waals surface area (Å²) in [6.07, 6.45) is 11.8. The van der Waals surface area contributed by atoms with Crippen LogP contribution in [-0.4, -0.2) is 12.6 Å². The highest BCUT2D eigenvalue weighted by atomic mass is 14.9. The first kappa shape index (κ1) is 12.4.